The molecule has 1 fully saturated rings. The minimum atomic E-state index is -0.336. The average molecular weight is 585 g/mol. The van der Waals surface area contributed by atoms with E-state index in [-0.39, 0.29) is 30.9 Å². The number of rotatable bonds is 7. The first kappa shape index (κ1) is 28.6. The van der Waals surface area contributed by atoms with Gasteiger partial charge in [-0.15, -0.1) is 0 Å². The molecular formula is C34H32N8O2. The molecule has 2 aliphatic heterocycles. The predicted molar refractivity (Wildman–Crippen MR) is 167 cm³/mol. The van der Waals surface area contributed by atoms with E-state index < -0.39 is 0 Å². The Hall–Kier alpha value is -5.48. The Labute approximate surface area is 256 Å². The van der Waals surface area contributed by atoms with Gasteiger partial charge in [0.15, 0.2) is 0 Å². The van der Waals surface area contributed by atoms with Crippen LogP contribution in [-0.4, -0.2) is 58.2 Å². The van der Waals surface area contributed by atoms with Crippen molar-refractivity contribution in [1.82, 2.24) is 20.1 Å². The van der Waals surface area contributed by atoms with Crippen molar-refractivity contribution >= 4 is 28.1 Å². The molecule has 6 rings (SSSR count). The van der Waals surface area contributed by atoms with Crippen molar-refractivity contribution in [1.29, 1.82) is 10.5 Å². The molecule has 10 heteroatoms. The highest BCUT2D eigenvalue weighted by molar-refractivity contribution is 5.97. The number of hydrogen-bond acceptors (Lipinski definition) is 9. The molecule has 1 unspecified atom stereocenters. The van der Waals surface area contributed by atoms with Gasteiger partial charge in [-0.05, 0) is 48.6 Å². The molecular weight excluding hydrogens is 552 g/mol. The summed E-state index contributed by atoms with van der Waals surface area (Å²) in [6.45, 7) is 8.49. The number of amides is 1. The van der Waals surface area contributed by atoms with Crippen LogP contribution in [0.15, 0.2) is 67.4 Å². The number of aryl methyl sites for hydroxylation is 1. The molecule has 0 bridgehead atoms. The molecule has 4 aromatic rings. The Balaban J connectivity index is 1.42. The monoisotopic (exact) mass is 584 g/mol. The minimum absolute atomic E-state index is 0.110. The van der Waals surface area contributed by atoms with Crippen LogP contribution >= 0.6 is 0 Å². The number of carbonyl (C=O) groups is 1. The summed E-state index contributed by atoms with van der Waals surface area (Å²) in [6.07, 6.45) is 3.73. The van der Waals surface area contributed by atoms with Crippen molar-refractivity contribution < 1.29 is 9.53 Å². The second-order valence-corrected chi connectivity index (χ2v) is 11.0. The van der Waals surface area contributed by atoms with Gasteiger partial charge in [-0.25, -0.2) is 4.98 Å². The number of nitrogens with zero attached hydrogens (tertiary/aromatic N) is 8. The third-order valence-electron chi connectivity index (χ3n) is 8.41. The minimum Gasteiger partial charge on any atom is -0.470 e. The van der Waals surface area contributed by atoms with Crippen molar-refractivity contribution in [2.45, 2.75) is 39.0 Å². The Kier molecular flexibility index (Phi) is 8.07. The third-order valence-corrected chi connectivity index (χ3v) is 8.41. The van der Waals surface area contributed by atoms with Gasteiger partial charge in [-0.3, -0.25) is 4.79 Å². The van der Waals surface area contributed by atoms with Gasteiger partial charge in [0.2, 0.25) is 11.8 Å². The fraction of sp³-hybridized carbons (Fsp3) is 0.294. The van der Waals surface area contributed by atoms with Crippen molar-refractivity contribution in [3.8, 4) is 18.0 Å². The van der Waals surface area contributed by atoms with E-state index in [1.54, 1.807) is 17.2 Å². The lowest BCUT2D eigenvalue weighted by Gasteiger charge is -2.43. The summed E-state index contributed by atoms with van der Waals surface area (Å²) in [4.78, 5) is 23.7. The fourth-order valence-corrected chi connectivity index (χ4v) is 6.36. The molecule has 0 radical (unpaired) electrons. The van der Waals surface area contributed by atoms with Crippen LogP contribution in [0.25, 0.3) is 10.8 Å². The molecule has 4 heterocycles. The number of ether oxygens (including phenoxy) is 1. The Morgan fingerprint density at radius 2 is 1.95 bits per heavy atom. The summed E-state index contributed by atoms with van der Waals surface area (Å²) in [7, 11) is 0. The summed E-state index contributed by atoms with van der Waals surface area (Å²) >= 11 is 0. The van der Waals surface area contributed by atoms with Crippen molar-refractivity contribution in [2.24, 2.45) is 0 Å². The molecule has 220 valence electrons. The standard InChI is InChI=1S/C34H32N8O2/c1-3-31(43)42-18-17-41(20-26(42)12-14-35)33-27-13-16-40(30-11-5-9-24-8-4-7-23(2)32(24)30)21-29(27)38-34(28(33)19-36)44-22-25-10-6-15-37-39-25/h3-11,15,26H,1,12-13,16-18,20-22H2,2H3. The van der Waals surface area contributed by atoms with Crippen molar-refractivity contribution in [2.75, 3.05) is 36.0 Å². The first-order chi connectivity index (χ1) is 21.5. The van der Waals surface area contributed by atoms with Gasteiger partial charge in [-0.1, -0.05) is 36.9 Å². The Morgan fingerprint density at radius 3 is 2.70 bits per heavy atom. The van der Waals surface area contributed by atoms with Crippen LogP contribution in [0.1, 0.15) is 34.5 Å². The smallest absolute Gasteiger partial charge is 0.246 e. The summed E-state index contributed by atoms with van der Waals surface area (Å²) in [5.41, 5.74) is 5.94. The van der Waals surface area contributed by atoms with Crippen LogP contribution in [0.5, 0.6) is 5.88 Å². The maximum Gasteiger partial charge on any atom is 0.246 e. The molecule has 1 atom stereocenters. The van der Waals surface area contributed by atoms with Crippen LogP contribution in [0.4, 0.5) is 11.4 Å². The van der Waals surface area contributed by atoms with Gasteiger partial charge < -0.3 is 19.4 Å². The Morgan fingerprint density at radius 1 is 1.11 bits per heavy atom. The first-order valence-corrected chi connectivity index (χ1v) is 14.7. The lowest BCUT2D eigenvalue weighted by molar-refractivity contribution is -0.128. The molecule has 2 aromatic heterocycles. The van der Waals surface area contributed by atoms with Crippen LogP contribution in [0.2, 0.25) is 0 Å². The second-order valence-electron chi connectivity index (χ2n) is 11.0. The van der Waals surface area contributed by atoms with Crippen LogP contribution in [0.3, 0.4) is 0 Å². The van der Waals surface area contributed by atoms with E-state index in [1.165, 1.54) is 22.4 Å². The molecule has 0 spiro atoms. The van der Waals surface area contributed by atoms with Crippen molar-refractivity contribution in [3.05, 3.63) is 95.5 Å². The van der Waals surface area contributed by atoms with Crippen LogP contribution < -0.4 is 14.5 Å². The van der Waals surface area contributed by atoms with E-state index in [2.05, 4.69) is 82.0 Å². The fourth-order valence-electron chi connectivity index (χ4n) is 6.36. The molecule has 0 aliphatic carbocycles. The lowest BCUT2D eigenvalue weighted by Crippen LogP contribution is -2.55. The number of nitriles is 2. The maximum atomic E-state index is 12.6. The lowest BCUT2D eigenvalue weighted by atomic mass is 9.95. The molecule has 0 saturated carbocycles. The summed E-state index contributed by atoms with van der Waals surface area (Å²) in [5.74, 6) is 0.0421. The Bertz CT molecular complexity index is 1810. The second kappa shape index (κ2) is 12.4. The number of anilines is 2. The van der Waals surface area contributed by atoms with Crippen LogP contribution in [-0.2, 0) is 24.4 Å². The van der Waals surface area contributed by atoms with Gasteiger partial charge >= 0.3 is 0 Å². The van der Waals surface area contributed by atoms with E-state index in [0.29, 0.717) is 43.9 Å². The van der Waals surface area contributed by atoms with E-state index in [4.69, 9.17) is 9.72 Å². The zero-order chi connectivity index (χ0) is 30.6. The largest absolute Gasteiger partial charge is 0.470 e. The quantitative estimate of drug-likeness (QED) is 0.290. The number of piperazine rings is 1. The molecule has 44 heavy (non-hydrogen) atoms. The normalized spacial score (nSPS) is 16.2. The van der Waals surface area contributed by atoms with E-state index in [1.807, 2.05) is 6.07 Å². The van der Waals surface area contributed by atoms with E-state index in [0.717, 1.165) is 29.2 Å². The number of hydrogen-bond donors (Lipinski definition) is 0. The van der Waals surface area contributed by atoms with Gasteiger partial charge in [0.1, 0.15) is 23.9 Å². The topological polar surface area (TPSA) is 122 Å². The highest BCUT2D eigenvalue weighted by Gasteiger charge is 2.35. The van der Waals surface area contributed by atoms with Crippen molar-refractivity contribution in [3.63, 3.8) is 0 Å². The molecule has 1 amide bonds. The zero-order valence-corrected chi connectivity index (χ0v) is 24.6. The number of carbonyl (C=O) groups excluding carboxylic acids is 1. The predicted octanol–water partition coefficient (Wildman–Crippen LogP) is 4.46. The third kappa shape index (κ3) is 5.38. The highest BCUT2D eigenvalue weighted by Crippen LogP contribution is 2.40. The number of aromatic nitrogens is 3. The summed E-state index contributed by atoms with van der Waals surface area (Å²) in [6, 6.07) is 20.6. The van der Waals surface area contributed by atoms with Gasteiger partial charge in [-0.2, -0.15) is 20.7 Å². The van der Waals surface area contributed by atoms with Gasteiger partial charge in [0, 0.05) is 49.0 Å². The SMILES string of the molecule is C=CC(=O)N1CCN(c2c(C#N)c(OCc3cccnn3)nc3c2CCN(c2cccc4cccc(C)c24)C3)CC1CC#N. The maximum absolute atomic E-state index is 12.6. The summed E-state index contributed by atoms with van der Waals surface area (Å²) in [5, 5.41) is 30.5. The first-order valence-electron chi connectivity index (χ1n) is 14.7. The average Bonchev–Trinajstić information content (AvgIpc) is 3.06. The van der Waals surface area contributed by atoms with E-state index >= 15 is 0 Å². The molecule has 1 saturated heterocycles. The molecule has 0 N–H and O–H groups in total. The van der Waals surface area contributed by atoms with Crippen LogP contribution in [0, 0.1) is 29.6 Å². The molecule has 2 aliphatic rings. The van der Waals surface area contributed by atoms with Gasteiger partial charge in [0.05, 0.1) is 36.5 Å². The number of pyridine rings is 1. The van der Waals surface area contributed by atoms with E-state index in [9.17, 15) is 15.3 Å². The zero-order valence-electron chi connectivity index (χ0n) is 24.6. The van der Waals surface area contributed by atoms with Gasteiger partial charge in [0.25, 0.3) is 0 Å². The summed E-state index contributed by atoms with van der Waals surface area (Å²) < 4.78 is 6.18. The number of benzene rings is 2. The highest BCUT2D eigenvalue weighted by atomic mass is 16.5. The molecule has 10 nitrogen and oxygen atoms in total. The number of fused-ring (bicyclic) bond motifs is 2. The molecule has 2 aromatic carbocycles.